The molecular weight excluding hydrogens is 322 g/mol. The highest BCUT2D eigenvalue weighted by molar-refractivity contribution is 7.92. The molecule has 2 heterocycles. The Kier molecular flexibility index (Phi) is 3.45. The summed E-state index contributed by atoms with van der Waals surface area (Å²) in [7, 11) is -3.94. The third kappa shape index (κ3) is 2.71. The molecule has 118 valence electrons. The van der Waals surface area contributed by atoms with E-state index in [9.17, 15) is 18.5 Å². The summed E-state index contributed by atoms with van der Waals surface area (Å²) >= 11 is 0. The van der Waals surface area contributed by atoms with Crippen molar-refractivity contribution in [3.8, 4) is 0 Å². The van der Waals surface area contributed by atoms with E-state index in [-0.39, 0.29) is 22.1 Å². The molecule has 9 nitrogen and oxygen atoms in total. The molecular formula is C13H11N5O4S. The Hall–Kier alpha value is -3.01. The summed E-state index contributed by atoms with van der Waals surface area (Å²) in [6.07, 6.45) is 1.62. The molecule has 0 aliphatic carbocycles. The molecule has 0 radical (unpaired) electrons. The minimum Gasteiger partial charge on any atom is -0.268 e. The van der Waals surface area contributed by atoms with Crippen LogP contribution in [0.1, 0.15) is 5.56 Å². The van der Waals surface area contributed by atoms with Gasteiger partial charge in [-0.2, -0.15) is 0 Å². The molecule has 0 fully saturated rings. The molecule has 0 spiro atoms. The Balaban J connectivity index is 2.01. The zero-order chi connectivity index (χ0) is 16.6. The number of anilines is 1. The normalized spacial score (nSPS) is 11.5. The maximum Gasteiger partial charge on any atom is 0.269 e. The monoisotopic (exact) mass is 333 g/mol. The van der Waals surface area contributed by atoms with Gasteiger partial charge >= 0.3 is 0 Å². The molecule has 0 aliphatic rings. The smallest absolute Gasteiger partial charge is 0.268 e. The van der Waals surface area contributed by atoms with Crippen LogP contribution in [0.2, 0.25) is 0 Å². The van der Waals surface area contributed by atoms with Crippen molar-refractivity contribution < 1.29 is 13.3 Å². The molecule has 0 aliphatic heterocycles. The number of hydrogen-bond donors (Lipinski definition) is 1. The van der Waals surface area contributed by atoms with Gasteiger partial charge in [-0.25, -0.2) is 13.1 Å². The molecule has 0 saturated heterocycles. The van der Waals surface area contributed by atoms with E-state index in [0.717, 1.165) is 6.07 Å². The van der Waals surface area contributed by atoms with Gasteiger partial charge in [-0.1, -0.05) is 6.07 Å². The number of rotatable bonds is 4. The van der Waals surface area contributed by atoms with Crippen molar-refractivity contribution in [1.29, 1.82) is 0 Å². The number of aromatic nitrogens is 3. The van der Waals surface area contributed by atoms with Gasteiger partial charge in [-0.05, 0) is 30.7 Å². The van der Waals surface area contributed by atoms with Crippen molar-refractivity contribution in [3.63, 3.8) is 0 Å². The van der Waals surface area contributed by atoms with Gasteiger partial charge in [0.2, 0.25) is 5.95 Å². The van der Waals surface area contributed by atoms with E-state index in [1.54, 1.807) is 24.4 Å². The predicted molar refractivity (Wildman–Crippen MR) is 81.6 cm³/mol. The molecule has 23 heavy (non-hydrogen) atoms. The van der Waals surface area contributed by atoms with E-state index in [4.69, 9.17) is 0 Å². The van der Waals surface area contributed by atoms with Gasteiger partial charge < -0.3 is 0 Å². The second kappa shape index (κ2) is 5.32. The fraction of sp³-hybridized carbons (Fsp3) is 0.0769. The maximum absolute atomic E-state index is 12.5. The summed E-state index contributed by atoms with van der Waals surface area (Å²) in [5, 5.41) is 18.4. The first-order valence-corrected chi connectivity index (χ1v) is 7.94. The lowest BCUT2D eigenvalue weighted by atomic mass is 10.2. The molecule has 1 N–H and O–H groups in total. The molecule has 0 unspecified atom stereocenters. The van der Waals surface area contributed by atoms with Crippen molar-refractivity contribution in [2.75, 3.05) is 4.72 Å². The van der Waals surface area contributed by atoms with E-state index >= 15 is 0 Å². The Morgan fingerprint density at radius 1 is 1.22 bits per heavy atom. The maximum atomic E-state index is 12.5. The van der Waals surface area contributed by atoms with Gasteiger partial charge in [0.05, 0.1) is 9.82 Å². The number of pyridine rings is 1. The van der Waals surface area contributed by atoms with E-state index in [1.807, 2.05) is 0 Å². The molecule has 0 bridgehead atoms. The topological polar surface area (TPSA) is 120 Å². The lowest BCUT2D eigenvalue weighted by Gasteiger charge is -2.08. The summed E-state index contributed by atoms with van der Waals surface area (Å²) in [6.45, 7) is 1.49. The first kappa shape index (κ1) is 14.9. The average Bonchev–Trinajstić information content (AvgIpc) is 2.89. The van der Waals surface area contributed by atoms with Gasteiger partial charge in [0.15, 0.2) is 5.65 Å². The van der Waals surface area contributed by atoms with Crippen LogP contribution in [0.15, 0.2) is 47.5 Å². The van der Waals surface area contributed by atoms with Crippen molar-refractivity contribution in [1.82, 2.24) is 14.6 Å². The SMILES string of the molecule is Cc1cc([N+](=O)[O-])ccc1S(=O)(=O)Nc1nnc2ccccn12. The zero-order valence-electron chi connectivity index (χ0n) is 11.9. The highest BCUT2D eigenvalue weighted by Gasteiger charge is 2.21. The van der Waals surface area contributed by atoms with Crippen LogP contribution in [0.3, 0.4) is 0 Å². The summed E-state index contributed by atoms with van der Waals surface area (Å²) in [4.78, 5) is 10.1. The number of nitrogens with zero attached hydrogens (tertiary/aromatic N) is 4. The molecule has 0 atom stereocenters. The lowest BCUT2D eigenvalue weighted by Crippen LogP contribution is -2.16. The van der Waals surface area contributed by atoms with Crippen molar-refractivity contribution in [3.05, 3.63) is 58.3 Å². The Morgan fingerprint density at radius 3 is 2.70 bits per heavy atom. The standard InChI is InChI=1S/C13H11N5O4S/c1-9-8-10(18(19)20)5-6-11(9)23(21,22)16-13-15-14-12-4-2-3-7-17(12)13/h2-8H,1H3,(H,15,16). The number of benzene rings is 1. The van der Waals surface area contributed by atoms with Crippen LogP contribution in [0, 0.1) is 17.0 Å². The van der Waals surface area contributed by atoms with E-state index in [0.29, 0.717) is 5.65 Å². The second-order valence-electron chi connectivity index (χ2n) is 4.76. The molecule has 0 amide bonds. The zero-order valence-corrected chi connectivity index (χ0v) is 12.7. The largest absolute Gasteiger partial charge is 0.269 e. The minimum atomic E-state index is -3.94. The molecule has 1 aromatic carbocycles. The van der Waals surface area contributed by atoms with E-state index < -0.39 is 14.9 Å². The van der Waals surface area contributed by atoms with Crippen LogP contribution in [-0.2, 0) is 10.0 Å². The number of nitro benzene ring substituents is 1. The summed E-state index contributed by atoms with van der Waals surface area (Å²) in [5.74, 6) is 0.0401. The van der Waals surface area contributed by atoms with Crippen molar-refractivity contribution >= 4 is 27.3 Å². The fourth-order valence-corrected chi connectivity index (χ4v) is 3.35. The van der Waals surface area contributed by atoms with Gasteiger partial charge in [-0.15, -0.1) is 10.2 Å². The number of sulfonamides is 1. The van der Waals surface area contributed by atoms with E-state index in [2.05, 4.69) is 14.9 Å². The van der Waals surface area contributed by atoms with Gasteiger partial charge in [0.1, 0.15) is 0 Å². The fourth-order valence-electron chi connectivity index (χ4n) is 2.13. The van der Waals surface area contributed by atoms with Crippen LogP contribution in [0.25, 0.3) is 5.65 Å². The Bertz CT molecular complexity index is 1010. The third-order valence-electron chi connectivity index (χ3n) is 3.20. The minimum absolute atomic E-state index is 0.0401. The number of aryl methyl sites for hydroxylation is 1. The van der Waals surface area contributed by atoms with Gasteiger partial charge in [-0.3, -0.25) is 14.5 Å². The van der Waals surface area contributed by atoms with Gasteiger partial charge in [0.25, 0.3) is 15.7 Å². The van der Waals surface area contributed by atoms with Crippen LogP contribution in [-0.4, -0.2) is 27.9 Å². The molecule has 2 aromatic heterocycles. The lowest BCUT2D eigenvalue weighted by molar-refractivity contribution is -0.385. The van der Waals surface area contributed by atoms with Crippen LogP contribution < -0.4 is 4.72 Å². The number of fused-ring (bicyclic) bond motifs is 1. The Morgan fingerprint density at radius 2 is 2.00 bits per heavy atom. The van der Waals surface area contributed by atoms with E-state index in [1.165, 1.54) is 23.5 Å². The quantitative estimate of drug-likeness (QED) is 0.573. The highest BCUT2D eigenvalue weighted by Crippen LogP contribution is 2.23. The summed E-state index contributed by atoms with van der Waals surface area (Å²) in [6, 6.07) is 8.69. The number of hydrogen-bond acceptors (Lipinski definition) is 6. The third-order valence-corrected chi connectivity index (χ3v) is 4.69. The summed E-state index contributed by atoms with van der Waals surface area (Å²) < 4.78 is 28.8. The second-order valence-corrected chi connectivity index (χ2v) is 6.42. The molecule has 3 rings (SSSR count). The van der Waals surface area contributed by atoms with Crippen LogP contribution >= 0.6 is 0 Å². The summed E-state index contributed by atoms with van der Waals surface area (Å²) in [5.41, 5.74) is 0.584. The molecule has 3 aromatic rings. The number of nitro groups is 1. The average molecular weight is 333 g/mol. The van der Waals surface area contributed by atoms with Crippen LogP contribution in [0.4, 0.5) is 11.6 Å². The van der Waals surface area contributed by atoms with Crippen LogP contribution in [0.5, 0.6) is 0 Å². The number of non-ortho nitro benzene ring substituents is 1. The first-order chi connectivity index (χ1) is 10.9. The van der Waals surface area contributed by atoms with Gasteiger partial charge in [0, 0.05) is 18.3 Å². The predicted octanol–water partition coefficient (Wildman–Crippen LogP) is 1.75. The number of nitrogens with one attached hydrogen (secondary N) is 1. The highest BCUT2D eigenvalue weighted by atomic mass is 32.2. The van der Waals surface area contributed by atoms with Crippen molar-refractivity contribution in [2.45, 2.75) is 11.8 Å². The first-order valence-electron chi connectivity index (χ1n) is 6.46. The Labute approximate surface area is 130 Å². The molecule has 10 heteroatoms. The van der Waals surface area contributed by atoms with Crippen molar-refractivity contribution in [2.24, 2.45) is 0 Å². The molecule has 0 saturated carbocycles.